The zero-order valence-electron chi connectivity index (χ0n) is 24.2. The van der Waals surface area contributed by atoms with Gasteiger partial charge in [-0.15, -0.1) is 0 Å². The van der Waals surface area contributed by atoms with E-state index in [0.29, 0.717) is 38.4 Å². The number of carbonyl (C=O) groups excluding carboxylic acids is 2. The van der Waals surface area contributed by atoms with Gasteiger partial charge in [0.15, 0.2) is 5.60 Å². The number of para-hydroxylation sites is 1. The molecule has 0 fully saturated rings. The van der Waals surface area contributed by atoms with E-state index in [1.54, 1.807) is 0 Å². The van der Waals surface area contributed by atoms with Gasteiger partial charge in [-0.3, -0.25) is 0 Å². The minimum Gasteiger partial charge on any atom is -0.446 e. The highest BCUT2D eigenvalue weighted by molar-refractivity contribution is 5.94. The van der Waals surface area contributed by atoms with Crippen molar-refractivity contribution in [3.05, 3.63) is 113 Å². The number of anilines is 1. The second-order valence-electron chi connectivity index (χ2n) is 11.5. The monoisotopic (exact) mass is 551 g/mol. The Morgan fingerprint density at radius 3 is 2.41 bits per heavy atom. The van der Waals surface area contributed by atoms with E-state index in [1.165, 1.54) is 5.56 Å². The van der Waals surface area contributed by atoms with E-state index >= 15 is 0 Å². The molecule has 0 saturated heterocycles. The highest BCUT2D eigenvalue weighted by atomic mass is 16.6. The van der Waals surface area contributed by atoms with Gasteiger partial charge in [0, 0.05) is 43.0 Å². The van der Waals surface area contributed by atoms with Crippen LogP contribution in [0.4, 0.5) is 10.5 Å². The molecule has 1 atom stereocenters. The molecule has 5 rings (SSSR count). The van der Waals surface area contributed by atoms with Crippen LogP contribution in [0.1, 0.15) is 56.2 Å². The molecule has 2 aliphatic heterocycles. The van der Waals surface area contributed by atoms with E-state index < -0.39 is 5.60 Å². The Bertz CT molecular complexity index is 1370. The quantitative estimate of drug-likeness (QED) is 0.202. The number of unbranched alkanes of at least 4 members (excludes halogenated alkanes) is 1. The molecule has 0 radical (unpaired) electrons. The van der Waals surface area contributed by atoms with Gasteiger partial charge in [0.1, 0.15) is 0 Å². The van der Waals surface area contributed by atoms with Crippen LogP contribution in [0.15, 0.2) is 96.1 Å². The number of hydrogen-bond donors (Lipinski definition) is 2. The summed E-state index contributed by atoms with van der Waals surface area (Å²) in [6, 6.07) is 28.6. The molecule has 2 aliphatic rings. The standard InChI is InChI=1S/C35H41N3O3/c1-26(2)23-35(29-17-7-4-8-18-29)31-25-38(22-20-30(31)33(39)41-35)34(40)37-24-28-16-9-10-19-32(28)36-21-12-11-15-27-13-5-3-6-14-27/h3-10,13-14,16-19,26,36H,11-12,15,20-25H2,1-2H3,(H,37,40). The smallest absolute Gasteiger partial charge is 0.335 e. The number of cyclic esters (lactones) is 1. The van der Waals surface area contributed by atoms with Crippen LogP contribution in [-0.2, 0) is 28.1 Å². The molecule has 3 aromatic rings. The minimum atomic E-state index is -0.822. The highest BCUT2D eigenvalue weighted by Gasteiger charge is 2.50. The van der Waals surface area contributed by atoms with Crippen LogP contribution in [-0.4, -0.2) is 36.5 Å². The number of benzene rings is 3. The third kappa shape index (κ3) is 6.64. The van der Waals surface area contributed by atoms with Crippen LogP contribution < -0.4 is 10.6 Å². The summed E-state index contributed by atoms with van der Waals surface area (Å²) in [4.78, 5) is 28.2. The van der Waals surface area contributed by atoms with Gasteiger partial charge in [-0.2, -0.15) is 0 Å². The molecule has 0 spiro atoms. The molecule has 2 N–H and O–H groups in total. The lowest BCUT2D eigenvalue weighted by Crippen LogP contribution is -2.46. The van der Waals surface area contributed by atoms with Gasteiger partial charge in [-0.05, 0) is 60.8 Å². The Morgan fingerprint density at radius 2 is 1.66 bits per heavy atom. The Balaban J connectivity index is 1.20. The van der Waals surface area contributed by atoms with Crippen molar-refractivity contribution in [1.29, 1.82) is 0 Å². The van der Waals surface area contributed by atoms with Gasteiger partial charge in [0.2, 0.25) is 0 Å². The van der Waals surface area contributed by atoms with Crippen molar-refractivity contribution in [2.75, 3.05) is 25.0 Å². The molecule has 0 saturated carbocycles. The van der Waals surface area contributed by atoms with Crippen LogP contribution in [0.2, 0.25) is 0 Å². The summed E-state index contributed by atoms with van der Waals surface area (Å²) < 4.78 is 6.17. The van der Waals surface area contributed by atoms with Crippen molar-refractivity contribution in [1.82, 2.24) is 10.2 Å². The van der Waals surface area contributed by atoms with E-state index in [1.807, 2.05) is 47.4 Å². The number of nitrogens with zero attached hydrogens (tertiary/aromatic N) is 1. The number of ether oxygens (including phenoxy) is 1. The first-order valence-electron chi connectivity index (χ1n) is 14.9. The zero-order chi connectivity index (χ0) is 28.7. The van der Waals surface area contributed by atoms with Gasteiger partial charge in [-0.1, -0.05) is 92.7 Å². The molecule has 2 heterocycles. The summed E-state index contributed by atoms with van der Waals surface area (Å²) in [5.74, 6) is 0.0646. The zero-order valence-corrected chi connectivity index (χ0v) is 24.2. The lowest BCUT2D eigenvalue weighted by Gasteiger charge is -2.37. The first-order valence-corrected chi connectivity index (χ1v) is 14.9. The summed E-state index contributed by atoms with van der Waals surface area (Å²) >= 11 is 0. The van der Waals surface area contributed by atoms with Crippen LogP contribution in [0.25, 0.3) is 0 Å². The number of carbonyl (C=O) groups is 2. The van der Waals surface area contributed by atoms with Crippen molar-refractivity contribution in [2.45, 2.75) is 58.1 Å². The van der Waals surface area contributed by atoms with E-state index in [-0.39, 0.29) is 12.0 Å². The van der Waals surface area contributed by atoms with Crippen molar-refractivity contribution >= 4 is 17.7 Å². The number of hydrogen-bond acceptors (Lipinski definition) is 4. The molecule has 41 heavy (non-hydrogen) atoms. The average molecular weight is 552 g/mol. The summed E-state index contributed by atoms with van der Waals surface area (Å²) in [5.41, 5.74) is 5.29. The number of nitrogens with one attached hydrogen (secondary N) is 2. The van der Waals surface area contributed by atoms with Crippen molar-refractivity contribution in [2.24, 2.45) is 5.92 Å². The summed E-state index contributed by atoms with van der Waals surface area (Å²) in [5, 5.41) is 6.69. The molecule has 3 aromatic carbocycles. The Hall–Kier alpha value is -4.06. The van der Waals surface area contributed by atoms with Gasteiger partial charge >= 0.3 is 12.0 Å². The lowest BCUT2D eigenvalue weighted by molar-refractivity contribution is -0.149. The average Bonchev–Trinajstić information content (AvgIpc) is 3.28. The fourth-order valence-electron chi connectivity index (χ4n) is 6.06. The number of amides is 2. The van der Waals surface area contributed by atoms with Crippen LogP contribution in [0.3, 0.4) is 0 Å². The van der Waals surface area contributed by atoms with E-state index in [4.69, 9.17) is 4.74 Å². The maximum Gasteiger partial charge on any atom is 0.335 e. The molecule has 2 amide bonds. The van der Waals surface area contributed by atoms with Crippen molar-refractivity contribution < 1.29 is 14.3 Å². The Morgan fingerprint density at radius 1 is 0.951 bits per heavy atom. The molecule has 0 aromatic heterocycles. The van der Waals surface area contributed by atoms with Crippen LogP contribution >= 0.6 is 0 Å². The SMILES string of the molecule is CC(C)CC1(c2ccccc2)OC(=O)C2=C1CN(C(=O)NCc1ccccc1NCCCCc1ccccc1)CC2. The van der Waals surface area contributed by atoms with E-state index in [9.17, 15) is 9.59 Å². The fraction of sp³-hybridized carbons (Fsp3) is 0.371. The second kappa shape index (κ2) is 13.1. The molecule has 6 nitrogen and oxygen atoms in total. The first kappa shape index (κ1) is 28.5. The second-order valence-corrected chi connectivity index (χ2v) is 11.5. The summed E-state index contributed by atoms with van der Waals surface area (Å²) in [6.07, 6.45) is 4.46. The van der Waals surface area contributed by atoms with E-state index in [0.717, 1.165) is 53.8 Å². The predicted molar refractivity (Wildman–Crippen MR) is 163 cm³/mol. The van der Waals surface area contributed by atoms with Crippen LogP contribution in [0.5, 0.6) is 0 Å². The highest BCUT2D eigenvalue weighted by Crippen LogP contribution is 2.48. The van der Waals surface area contributed by atoms with Gasteiger partial charge in [-0.25, -0.2) is 9.59 Å². The van der Waals surface area contributed by atoms with Gasteiger partial charge < -0.3 is 20.3 Å². The third-order valence-corrected chi connectivity index (χ3v) is 8.07. The summed E-state index contributed by atoms with van der Waals surface area (Å²) in [6.45, 7) is 6.47. The molecule has 0 bridgehead atoms. The molecule has 0 aliphatic carbocycles. The first-order chi connectivity index (χ1) is 20.0. The number of aryl methyl sites for hydroxylation is 1. The van der Waals surface area contributed by atoms with Crippen molar-refractivity contribution in [3.8, 4) is 0 Å². The number of esters is 1. The number of rotatable bonds is 11. The third-order valence-electron chi connectivity index (χ3n) is 8.07. The van der Waals surface area contributed by atoms with Crippen molar-refractivity contribution in [3.63, 3.8) is 0 Å². The molecule has 6 heteroatoms. The number of urea groups is 1. The Kier molecular flexibility index (Phi) is 9.07. The fourth-order valence-corrected chi connectivity index (χ4v) is 6.06. The Labute approximate surface area is 243 Å². The van der Waals surface area contributed by atoms with Gasteiger partial charge in [0.25, 0.3) is 0 Å². The maximum atomic E-state index is 13.4. The molecular formula is C35H41N3O3. The van der Waals surface area contributed by atoms with Crippen LogP contribution in [0, 0.1) is 5.92 Å². The topological polar surface area (TPSA) is 70.7 Å². The van der Waals surface area contributed by atoms with Gasteiger partial charge in [0.05, 0.1) is 0 Å². The molecular weight excluding hydrogens is 510 g/mol. The largest absolute Gasteiger partial charge is 0.446 e. The minimum absolute atomic E-state index is 0.125. The predicted octanol–water partition coefficient (Wildman–Crippen LogP) is 6.83. The molecule has 1 unspecified atom stereocenters. The molecule has 214 valence electrons. The maximum absolute atomic E-state index is 13.4. The summed E-state index contributed by atoms with van der Waals surface area (Å²) in [7, 11) is 0. The normalized spacial score (nSPS) is 18.3. The lowest BCUT2D eigenvalue weighted by atomic mass is 9.77. The van der Waals surface area contributed by atoms with E-state index in [2.05, 4.69) is 66.9 Å².